The third-order valence-corrected chi connectivity index (χ3v) is 3.93. The molecule has 3 nitrogen and oxygen atoms in total. The lowest BCUT2D eigenvalue weighted by atomic mass is 10.0. The summed E-state index contributed by atoms with van der Waals surface area (Å²) in [4.78, 5) is 0. The number of benzene rings is 1. The zero-order valence-electron chi connectivity index (χ0n) is 9.49. The third-order valence-electron chi connectivity index (χ3n) is 3.47. The Morgan fingerprint density at radius 3 is 3.06 bits per heavy atom. The summed E-state index contributed by atoms with van der Waals surface area (Å²) in [5.74, 6) is 0. The van der Waals surface area contributed by atoms with Gasteiger partial charge in [-0.15, -0.1) is 0 Å². The Morgan fingerprint density at radius 2 is 2.29 bits per heavy atom. The second kappa shape index (κ2) is 4.12. The molecule has 1 atom stereocenters. The molecule has 2 aromatic rings. The Hall–Kier alpha value is -0.840. The van der Waals surface area contributed by atoms with Crippen LogP contribution in [0.15, 0.2) is 22.8 Å². The van der Waals surface area contributed by atoms with Gasteiger partial charge in [0, 0.05) is 34.7 Å². The van der Waals surface area contributed by atoms with E-state index in [9.17, 15) is 5.11 Å². The number of aliphatic hydroxyl groups excluding tert-OH is 1. The van der Waals surface area contributed by atoms with E-state index in [0.717, 1.165) is 34.8 Å². The van der Waals surface area contributed by atoms with Crippen molar-refractivity contribution in [3.05, 3.63) is 33.9 Å². The summed E-state index contributed by atoms with van der Waals surface area (Å²) in [6, 6.07) is 4.26. The third kappa shape index (κ3) is 1.71. The predicted octanol–water partition coefficient (Wildman–Crippen LogP) is 2.34. The Kier molecular flexibility index (Phi) is 2.73. The van der Waals surface area contributed by atoms with Gasteiger partial charge in [-0.3, -0.25) is 0 Å². The van der Waals surface area contributed by atoms with Crippen LogP contribution in [0, 0.1) is 0 Å². The van der Waals surface area contributed by atoms with Crippen LogP contribution in [0.2, 0.25) is 0 Å². The van der Waals surface area contributed by atoms with Gasteiger partial charge in [-0.05, 0) is 30.5 Å². The van der Waals surface area contributed by atoms with Gasteiger partial charge >= 0.3 is 0 Å². The fourth-order valence-corrected chi connectivity index (χ4v) is 3.22. The van der Waals surface area contributed by atoms with Crippen LogP contribution in [0.1, 0.15) is 23.7 Å². The molecule has 3 N–H and O–H groups in total. The van der Waals surface area contributed by atoms with Crippen molar-refractivity contribution in [2.45, 2.75) is 25.5 Å². The lowest BCUT2D eigenvalue weighted by Crippen LogP contribution is -2.11. The van der Waals surface area contributed by atoms with Crippen molar-refractivity contribution in [2.24, 2.45) is 5.73 Å². The smallest absolute Gasteiger partial charge is 0.0932 e. The first kappa shape index (κ1) is 11.3. The number of aliphatic hydroxyl groups is 1. The van der Waals surface area contributed by atoms with Gasteiger partial charge < -0.3 is 15.4 Å². The first-order valence-corrected chi connectivity index (χ1v) is 6.69. The molecule has 1 unspecified atom stereocenters. The van der Waals surface area contributed by atoms with Gasteiger partial charge in [0.2, 0.25) is 0 Å². The van der Waals surface area contributed by atoms with E-state index in [4.69, 9.17) is 5.73 Å². The van der Waals surface area contributed by atoms with Crippen LogP contribution in [0.3, 0.4) is 0 Å². The highest BCUT2D eigenvalue weighted by Crippen LogP contribution is 2.34. The zero-order valence-corrected chi connectivity index (χ0v) is 11.1. The van der Waals surface area contributed by atoms with Crippen molar-refractivity contribution >= 4 is 26.8 Å². The topological polar surface area (TPSA) is 51.2 Å². The minimum Gasteiger partial charge on any atom is -0.387 e. The summed E-state index contributed by atoms with van der Waals surface area (Å²) >= 11 is 3.54. The van der Waals surface area contributed by atoms with Crippen molar-refractivity contribution < 1.29 is 5.11 Å². The monoisotopic (exact) mass is 294 g/mol. The average molecular weight is 295 g/mol. The highest BCUT2D eigenvalue weighted by molar-refractivity contribution is 9.10. The second-order valence-corrected chi connectivity index (χ2v) is 5.51. The van der Waals surface area contributed by atoms with Crippen molar-refractivity contribution in [2.75, 3.05) is 6.54 Å². The Balaban J connectivity index is 2.33. The largest absolute Gasteiger partial charge is 0.387 e. The van der Waals surface area contributed by atoms with Gasteiger partial charge in [-0.2, -0.15) is 0 Å². The van der Waals surface area contributed by atoms with Gasteiger partial charge in [0.15, 0.2) is 0 Å². The molecule has 0 saturated heterocycles. The summed E-state index contributed by atoms with van der Waals surface area (Å²) in [5.41, 5.74) is 9.14. The van der Waals surface area contributed by atoms with Gasteiger partial charge in [0.1, 0.15) is 0 Å². The van der Waals surface area contributed by atoms with E-state index in [1.165, 1.54) is 11.1 Å². The standard InChI is InChI=1S/C13H15BrN2O/c14-9-4-8-2-1-3-16-7-11(12(17)6-15)10(5-9)13(8)16/h4-5,7,12,17H,1-3,6,15H2. The molecule has 1 aliphatic rings. The molecule has 0 bridgehead atoms. The summed E-state index contributed by atoms with van der Waals surface area (Å²) < 4.78 is 3.32. The van der Waals surface area contributed by atoms with E-state index in [-0.39, 0.29) is 6.54 Å². The predicted molar refractivity (Wildman–Crippen MR) is 72.0 cm³/mol. The van der Waals surface area contributed by atoms with Crippen LogP contribution in [0.4, 0.5) is 0 Å². The van der Waals surface area contributed by atoms with E-state index < -0.39 is 6.10 Å². The van der Waals surface area contributed by atoms with Crippen molar-refractivity contribution in [1.82, 2.24) is 4.57 Å². The van der Waals surface area contributed by atoms with E-state index in [1.807, 2.05) is 0 Å². The highest BCUT2D eigenvalue weighted by atomic mass is 79.9. The number of aromatic nitrogens is 1. The van der Waals surface area contributed by atoms with Crippen LogP contribution < -0.4 is 5.73 Å². The maximum Gasteiger partial charge on any atom is 0.0932 e. The van der Waals surface area contributed by atoms with Gasteiger partial charge in [0.25, 0.3) is 0 Å². The minimum absolute atomic E-state index is 0.265. The fraction of sp³-hybridized carbons (Fsp3) is 0.385. The van der Waals surface area contributed by atoms with E-state index in [1.54, 1.807) is 0 Å². The molecule has 3 rings (SSSR count). The molecule has 0 radical (unpaired) electrons. The molecule has 90 valence electrons. The van der Waals surface area contributed by atoms with Crippen LogP contribution in [-0.2, 0) is 13.0 Å². The van der Waals surface area contributed by atoms with Crippen LogP contribution >= 0.6 is 15.9 Å². The van der Waals surface area contributed by atoms with Gasteiger partial charge in [-0.25, -0.2) is 0 Å². The first-order chi connectivity index (χ1) is 8.20. The summed E-state index contributed by atoms with van der Waals surface area (Å²) in [7, 11) is 0. The van der Waals surface area contributed by atoms with Gasteiger partial charge in [0.05, 0.1) is 11.6 Å². The fourth-order valence-electron chi connectivity index (χ4n) is 2.72. The normalized spacial score (nSPS) is 16.4. The van der Waals surface area contributed by atoms with Crippen LogP contribution in [0.5, 0.6) is 0 Å². The molecular formula is C13H15BrN2O. The Bertz CT molecular complexity index is 576. The number of nitrogens with zero attached hydrogens (tertiary/aromatic N) is 1. The quantitative estimate of drug-likeness (QED) is 0.893. The molecule has 1 aliphatic heterocycles. The number of hydrogen-bond donors (Lipinski definition) is 2. The van der Waals surface area contributed by atoms with Crippen molar-refractivity contribution in [3.8, 4) is 0 Å². The first-order valence-electron chi connectivity index (χ1n) is 5.90. The number of rotatable bonds is 2. The molecule has 1 aromatic heterocycles. The Morgan fingerprint density at radius 1 is 1.47 bits per heavy atom. The van der Waals surface area contributed by atoms with Crippen LogP contribution in [-0.4, -0.2) is 16.2 Å². The molecule has 17 heavy (non-hydrogen) atoms. The average Bonchev–Trinajstić information content (AvgIpc) is 2.69. The maximum absolute atomic E-state index is 9.98. The van der Waals surface area contributed by atoms with Crippen molar-refractivity contribution in [3.63, 3.8) is 0 Å². The maximum atomic E-state index is 9.98. The lowest BCUT2D eigenvalue weighted by molar-refractivity contribution is 0.188. The summed E-state index contributed by atoms with van der Waals surface area (Å²) in [5, 5.41) is 11.1. The molecule has 0 fully saturated rings. The number of aryl methyl sites for hydroxylation is 2. The molecule has 0 amide bonds. The van der Waals surface area contributed by atoms with Crippen molar-refractivity contribution in [1.29, 1.82) is 0 Å². The summed E-state index contributed by atoms with van der Waals surface area (Å²) in [6.07, 6.45) is 3.75. The van der Waals surface area contributed by atoms with Gasteiger partial charge in [-0.1, -0.05) is 15.9 Å². The van der Waals surface area contributed by atoms with E-state index >= 15 is 0 Å². The SMILES string of the molecule is NCC(O)c1cn2c3c(cc(Br)cc13)CCC2. The zero-order chi connectivity index (χ0) is 12.0. The molecule has 0 saturated carbocycles. The molecule has 0 spiro atoms. The number of nitrogens with two attached hydrogens (primary N) is 1. The lowest BCUT2D eigenvalue weighted by Gasteiger charge is -2.15. The molecule has 1 aromatic carbocycles. The Labute approximate surface area is 108 Å². The molecule has 0 aliphatic carbocycles. The molecule has 4 heteroatoms. The minimum atomic E-state index is -0.570. The molecular weight excluding hydrogens is 280 g/mol. The highest BCUT2D eigenvalue weighted by Gasteiger charge is 2.19. The summed E-state index contributed by atoms with van der Waals surface area (Å²) in [6.45, 7) is 1.30. The van der Waals surface area contributed by atoms with E-state index in [0.29, 0.717) is 0 Å². The van der Waals surface area contributed by atoms with Crippen LogP contribution in [0.25, 0.3) is 10.9 Å². The van der Waals surface area contributed by atoms with E-state index in [2.05, 4.69) is 38.8 Å². The molecule has 2 heterocycles. The second-order valence-electron chi connectivity index (χ2n) is 4.59. The number of hydrogen-bond acceptors (Lipinski definition) is 2. The number of halogens is 1.